The highest BCUT2D eigenvalue weighted by molar-refractivity contribution is 5.94. The number of nitrogens with zero attached hydrogens (tertiary/aromatic N) is 2. The van der Waals surface area contributed by atoms with E-state index in [0.717, 1.165) is 19.3 Å². The van der Waals surface area contributed by atoms with E-state index in [2.05, 4.69) is 9.72 Å². The van der Waals surface area contributed by atoms with Gasteiger partial charge in [-0.1, -0.05) is 0 Å². The van der Waals surface area contributed by atoms with Gasteiger partial charge in [-0.2, -0.15) is 8.78 Å². The predicted molar refractivity (Wildman–Crippen MR) is 73.9 cm³/mol. The van der Waals surface area contributed by atoms with Crippen LogP contribution in [-0.2, 0) is 4.74 Å². The molecule has 1 aliphatic heterocycles. The molecule has 120 valence electrons. The summed E-state index contributed by atoms with van der Waals surface area (Å²) in [6, 6.07) is 2.76. The van der Waals surface area contributed by atoms with Gasteiger partial charge in [-0.3, -0.25) is 4.79 Å². The molecule has 1 aromatic rings. The Morgan fingerprint density at radius 3 is 2.95 bits per heavy atom. The van der Waals surface area contributed by atoms with Crippen LogP contribution in [0, 0.1) is 0 Å². The third-order valence-electron chi connectivity index (χ3n) is 4.15. The minimum absolute atomic E-state index is 0.0309. The second-order valence-corrected chi connectivity index (χ2v) is 5.91. The van der Waals surface area contributed by atoms with Crippen LogP contribution in [-0.4, -0.2) is 47.2 Å². The lowest BCUT2D eigenvalue weighted by molar-refractivity contribution is -0.176. The molecule has 3 rings (SSSR count). The molecule has 1 aromatic heterocycles. The van der Waals surface area contributed by atoms with Gasteiger partial charge in [0.05, 0.1) is 18.2 Å². The number of rotatable bonds is 3. The Morgan fingerprint density at radius 1 is 1.55 bits per heavy atom. The summed E-state index contributed by atoms with van der Waals surface area (Å²) in [5.74, 6) is -0.455. The van der Waals surface area contributed by atoms with Gasteiger partial charge in [-0.25, -0.2) is 4.98 Å². The van der Waals surface area contributed by atoms with Crippen molar-refractivity contribution in [3.05, 3.63) is 23.9 Å². The second kappa shape index (κ2) is 5.79. The lowest BCUT2D eigenvalue weighted by Gasteiger charge is -2.50. The van der Waals surface area contributed by atoms with Crippen LogP contribution in [0.15, 0.2) is 18.3 Å². The number of pyridine rings is 1. The fourth-order valence-electron chi connectivity index (χ4n) is 3.11. The number of carbonyl (C=O) groups is 1. The van der Waals surface area contributed by atoms with Crippen LogP contribution < -0.4 is 4.74 Å². The molecule has 1 atom stereocenters. The van der Waals surface area contributed by atoms with Crippen LogP contribution in [0.2, 0.25) is 0 Å². The van der Waals surface area contributed by atoms with Crippen molar-refractivity contribution in [1.29, 1.82) is 0 Å². The van der Waals surface area contributed by atoms with Gasteiger partial charge in [0.2, 0.25) is 5.88 Å². The Morgan fingerprint density at radius 2 is 2.32 bits per heavy atom. The quantitative estimate of drug-likeness (QED) is 0.860. The summed E-state index contributed by atoms with van der Waals surface area (Å²) < 4.78 is 34.7. The van der Waals surface area contributed by atoms with E-state index in [0.29, 0.717) is 18.7 Å². The molecular formula is C15H18F2N2O3. The lowest BCUT2D eigenvalue weighted by Crippen LogP contribution is -2.59. The van der Waals surface area contributed by atoms with E-state index < -0.39 is 6.61 Å². The molecular weight excluding hydrogens is 294 g/mol. The van der Waals surface area contributed by atoms with E-state index >= 15 is 0 Å². The lowest BCUT2D eigenvalue weighted by atomic mass is 9.78. The maximum atomic E-state index is 12.6. The maximum Gasteiger partial charge on any atom is 0.388 e. The number of ether oxygens (including phenoxy) is 2. The number of morpholine rings is 1. The summed E-state index contributed by atoms with van der Waals surface area (Å²) in [6.07, 6.45) is 4.29. The molecule has 1 amide bonds. The first kappa shape index (κ1) is 15.1. The standard InChI is InChI=1S/C15H18F2N2O3/c1-10-8-19(9-15(22-10)4-2-5-15)13(20)11-3-6-18-12(7-11)21-14(16)17/h3,6-7,10,14H,2,4-5,8-9H2,1H3. The van der Waals surface area contributed by atoms with Gasteiger partial charge in [0.1, 0.15) is 0 Å². The van der Waals surface area contributed by atoms with Crippen molar-refractivity contribution >= 4 is 5.91 Å². The van der Waals surface area contributed by atoms with E-state index in [4.69, 9.17) is 4.74 Å². The predicted octanol–water partition coefficient (Wildman–Crippen LogP) is 2.47. The summed E-state index contributed by atoms with van der Waals surface area (Å²) in [5.41, 5.74) is 0.0806. The summed E-state index contributed by atoms with van der Waals surface area (Å²) in [6.45, 7) is 0.0222. The Labute approximate surface area is 127 Å². The number of hydrogen-bond acceptors (Lipinski definition) is 4. The van der Waals surface area contributed by atoms with E-state index in [1.165, 1.54) is 18.3 Å². The molecule has 2 heterocycles. The van der Waals surface area contributed by atoms with Crippen LogP contribution in [0.4, 0.5) is 8.78 Å². The van der Waals surface area contributed by atoms with Crippen molar-refractivity contribution < 1.29 is 23.0 Å². The molecule has 1 spiro atoms. The van der Waals surface area contributed by atoms with Crippen molar-refractivity contribution in [2.24, 2.45) is 0 Å². The average molecular weight is 312 g/mol. The van der Waals surface area contributed by atoms with E-state index in [-0.39, 0.29) is 23.5 Å². The summed E-state index contributed by atoms with van der Waals surface area (Å²) in [5, 5.41) is 0. The van der Waals surface area contributed by atoms with Crippen LogP contribution in [0.5, 0.6) is 5.88 Å². The molecule has 1 saturated carbocycles. The van der Waals surface area contributed by atoms with Gasteiger partial charge in [0, 0.05) is 24.4 Å². The van der Waals surface area contributed by atoms with Crippen LogP contribution >= 0.6 is 0 Å². The molecule has 2 aliphatic rings. The Bertz CT molecular complexity index is 563. The number of halogens is 2. The summed E-state index contributed by atoms with van der Waals surface area (Å²) in [7, 11) is 0. The van der Waals surface area contributed by atoms with Crippen molar-refractivity contribution in [3.63, 3.8) is 0 Å². The number of carbonyl (C=O) groups excluding carboxylic acids is 1. The highest BCUT2D eigenvalue weighted by atomic mass is 19.3. The van der Waals surface area contributed by atoms with Crippen molar-refractivity contribution in [2.45, 2.75) is 44.5 Å². The molecule has 1 unspecified atom stereocenters. The highest BCUT2D eigenvalue weighted by Crippen LogP contribution is 2.40. The van der Waals surface area contributed by atoms with E-state index in [9.17, 15) is 13.6 Å². The van der Waals surface area contributed by atoms with E-state index in [1.54, 1.807) is 4.90 Å². The molecule has 0 aromatic carbocycles. The molecule has 0 bridgehead atoms. The van der Waals surface area contributed by atoms with Crippen molar-refractivity contribution in [1.82, 2.24) is 9.88 Å². The zero-order valence-electron chi connectivity index (χ0n) is 12.3. The summed E-state index contributed by atoms with van der Waals surface area (Å²) in [4.78, 5) is 18.0. The topological polar surface area (TPSA) is 51.7 Å². The van der Waals surface area contributed by atoms with Crippen LogP contribution in [0.3, 0.4) is 0 Å². The first-order chi connectivity index (χ1) is 10.5. The van der Waals surface area contributed by atoms with Gasteiger partial charge < -0.3 is 14.4 Å². The zero-order chi connectivity index (χ0) is 15.7. The molecule has 1 aliphatic carbocycles. The van der Waals surface area contributed by atoms with Gasteiger partial charge in [0.25, 0.3) is 5.91 Å². The van der Waals surface area contributed by atoms with Crippen LogP contribution in [0.1, 0.15) is 36.5 Å². The average Bonchev–Trinajstić information content (AvgIpc) is 2.44. The largest absolute Gasteiger partial charge is 0.417 e. The molecule has 0 N–H and O–H groups in total. The Hall–Kier alpha value is -1.76. The monoisotopic (exact) mass is 312 g/mol. The fourth-order valence-corrected chi connectivity index (χ4v) is 3.11. The summed E-state index contributed by atoms with van der Waals surface area (Å²) >= 11 is 0. The van der Waals surface area contributed by atoms with Gasteiger partial charge in [-0.15, -0.1) is 0 Å². The van der Waals surface area contributed by atoms with E-state index in [1.807, 2.05) is 6.92 Å². The van der Waals surface area contributed by atoms with Crippen LogP contribution in [0.25, 0.3) is 0 Å². The molecule has 7 heteroatoms. The first-order valence-corrected chi connectivity index (χ1v) is 7.35. The number of hydrogen-bond donors (Lipinski definition) is 0. The molecule has 2 fully saturated rings. The van der Waals surface area contributed by atoms with Crippen molar-refractivity contribution in [2.75, 3.05) is 13.1 Å². The SMILES string of the molecule is CC1CN(C(=O)c2ccnc(OC(F)F)c2)CC2(CCC2)O1. The van der Waals surface area contributed by atoms with Gasteiger partial charge in [0.15, 0.2) is 0 Å². The zero-order valence-corrected chi connectivity index (χ0v) is 12.3. The molecule has 5 nitrogen and oxygen atoms in total. The third-order valence-corrected chi connectivity index (χ3v) is 4.15. The molecule has 0 radical (unpaired) electrons. The third kappa shape index (κ3) is 3.04. The number of aromatic nitrogens is 1. The van der Waals surface area contributed by atoms with Gasteiger partial charge in [-0.05, 0) is 32.3 Å². The first-order valence-electron chi connectivity index (χ1n) is 7.35. The molecule has 22 heavy (non-hydrogen) atoms. The smallest absolute Gasteiger partial charge is 0.388 e. The van der Waals surface area contributed by atoms with Gasteiger partial charge >= 0.3 is 6.61 Å². The maximum absolute atomic E-state index is 12.6. The Balaban J connectivity index is 1.75. The Kier molecular flexibility index (Phi) is 3.99. The normalized spacial score (nSPS) is 23.5. The minimum Gasteiger partial charge on any atom is -0.417 e. The minimum atomic E-state index is -2.96. The molecule has 1 saturated heterocycles. The van der Waals surface area contributed by atoms with Crippen molar-refractivity contribution in [3.8, 4) is 5.88 Å². The fraction of sp³-hybridized carbons (Fsp3) is 0.600. The number of amides is 1. The second-order valence-electron chi connectivity index (χ2n) is 5.91. The highest BCUT2D eigenvalue weighted by Gasteiger charge is 2.45. The number of alkyl halides is 2.